The van der Waals surface area contributed by atoms with Crippen molar-refractivity contribution >= 4 is 16.1 Å². The molecule has 9 heteroatoms. The highest BCUT2D eigenvalue weighted by molar-refractivity contribution is 7.89. The highest BCUT2D eigenvalue weighted by Crippen LogP contribution is 2.37. The van der Waals surface area contributed by atoms with E-state index < -0.39 is 16.2 Å². The van der Waals surface area contributed by atoms with Gasteiger partial charge >= 0.3 is 6.03 Å². The smallest absolute Gasteiger partial charge is 0.321 e. The van der Waals surface area contributed by atoms with Gasteiger partial charge in [0.15, 0.2) is 0 Å². The van der Waals surface area contributed by atoms with Crippen LogP contribution < -0.4 is 9.47 Å². The van der Waals surface area contributed by atoms with Crippen molar-refractivity contribution in [2.45, 2.75) is 30.3 Å². The number of amides is 2. The fourth-order valence-electron chi connectivity index (χ4n) is 4.33. The van der Waals surface area contributed by atoms with E-state index in [0.29, 0.717) is 31.1 Å². The Hall–Kier alpha value is -2.78. The van der Waals surface area contributed by atoms with Gasteiger partial charge in [0.25, 0.3) is 0 Å². The first kappa shape index (κ1) is 22.4. The van der Waals surface area contributed by atoms with E-state index in [1.807, 2.05) is 17.0 Å². The summed E-state index contributed by atoms with van der Waals surface area (Å²) in [4.78, 5) is 17.1. The van der Waals surface area contributed by atoms with Gasteiger partial charge in [0.2, 0.25) is 10.0 Å². The number of hydrogen-bond acceptors (Lipinski definition) is 5. The lowest BCUT2D eigenvalue weighted by atomic mass is 10.1. The SMILES string of the molecule is COc1ccc(C2N(C(=O)N3CCCCC3)CCN2S(=O)(=O)c2ccc(OC)cc2)cc1. The van der Waals surface area contributed by atoms with Gasteiger partial charge in [-0.25, -0.2) is 13.2 Å². The standard InChI is InChI=1S/C23H29N3O5S/c1-30-19-8-6-18(7-9-19)22-25(23(27)24-14-4-3-5-15-24)16-17-26(22)32(28,29)21-12-10-20(31-2)11-13-21/h6-13,22H,3-5,14-17H2,1-2H3. The predicted molar refractivity (Wildman–Crippen MR) is 120 cm³/mol. The number of rotatable bonds is 5. The molecule has 1 unspecified atom stereocenters. The number of hydrogen-bond donors (Lipinski definition) is 0. The maximum absolute atomic E-state index is 13.6. The minimum atomic E-state index is -3.84. The van der Waals surface area contributed by atoms with Crippen LogP contribution in [0.1, 0.15) is 31.0 Å². The summed E-state index contributed by atoms with van der Waals surface area (Å²) in [6.07, 6.45) is 2.34. The van der Waals surface area contributed by atoms with E-state index in [9.17, 15) is 13.2 Å². The van der Waals surface area contributed by atoms with E-state index in [-0.39, 0.29) is 17.5 Å². The molecule has 0 aliphatic carbocycles. The average molecular weight is 460 g/mol. The molecule has 2 heterocycles. The molecule has 2 fully saturated rings. The number of methoxy groups -OCH3 is 2. The summed E-state index contributed by atoms with van der Waals surface area (Å²) in [6, 6.07) is 13.4. The summed E-state index contributed by atoms with van der Waals surface area (Å²) in [6.45, 7) is 1.97. The molecule has 0 bridgehead atoms. The first-order chi connectivity index (χ1) is 15.5. The van der Waals surface area contributed by atoms with Crippen LogP contribution in [0.25, 0.3) is 0 Å². The molecule has 0 aromatic heterocycles. The van der Waals surface area contributed by atoms with E-state index in [1.54, 1.807) is 36.3 Å². The van der Waals surface area contributed by atoms with Crippen LogP contribution in [0.15, 0.2) is 53.4 Å². The molecule has 0 saturated carbocycles. The fourth-order valence-corrected chi connectivity index (χ4v) is 5.90. The van der Waals surface area contributed by atoms with E-state index in [2.05, 4.69) is 0 Å². The Morgan fingerprint density at radius 3 is 1.94 bits per heavy atom. The van der Waals surface area contributed by atoms with Crippen molar-refractivity contribution < 1.29 is 22.7 Å². The highest BCUT2D eigenvalue weighted by Gasteiger charge is 2.44. The molecule has 32 heavy (non-hydrogen) atoms. The Bertz CT molecular complexity index is 1030. The Balaban J connectivity index is 1.70. The van der Waals surface area contributed by atoms with Crippen LogP contribution in [0.5, 0.6) is 11.5 Å². The summed E-state index contributed by atoms with van der Waals surface area (Å²) >= 11 is 0. The third-order valence-corrected chi connectivity index (χ3v) is 7.95. The molecule has 8 nitrogen and oxygen atoms in total. The zero-order valence-electron chi connectivity index (χ0n) is 18.4. The molecule has 4 rings (SSSR count). The second-order valence-corrected chi connectivity index (χ2v) is 9.85. The molecule has 2 aliphatic rings. The molecule has 2 amide bonds. The number of carbonyl (C=O) groups is 1. The number of urea groups is 1. The molecular formula is C23H29N3O5S. The topological polar surface area (TPSA) is 79.4 Å². The lowest BCUT2D eigenvalue weighted by Crippen LogP contribution is -2.46. The number of ether oxygens (including phenoxy) is 2. The Morgan fingerprint density at radius 2 is 1.38 bits per heavy atom. The van der Waals surface area contributed by atoms with Gasteiger partial charge in [-0.3, -0.25) is 0 Å². The van der Waals surface area contributed by atoms with E-state index in [1.165, 1.54) is 23.5 Å². The second kappa shape index (κ2) is 9.38. The first-order valence-electron chi connectivity index (χ1n) is 10.8. The number of sulfonamides is 1. The Morgan fingerprint density at radius 1 is 0.812 bits per heavy atom. The van der Waals surface area contributed by atoms with Crippen molar-refractivity contribution in [1.82, 2.24) is 14.1 Å². The monoisotopic (exact) mass is 459 g/mol. The number of likely N-dealkylation sites (tertiary alicyclic amines) is 1. The zero-order valence-corrected chi connectivity index (χ0v) is 19.3. The zero-order chi connectivity index (χ0) is 22.7. The van der Waals surface area contributed by atoms with Crippen LogP contribution in [0.2, 0.25) is 0 Å². The summed E-state index contributed by atoms with van der Waals surface area (Å²) in [7, 11) is -0.724. The van der Waals surface area contributed by atoms with Gasteiger partial charge in [0.05, 0.1) is 19.1 Å². The largest absolute Gasteiger partial charge is 0.497 e. The quantitative estimate of drug-likeness (QED) is 0.685. The molecule has 0 radical (unpaired) electrons. The number of nitrogens with zero attached hydrogens (tertiary/aromatic N) is 3. The van der Waals surface area contributed by atoms with Gasteiger partial charge in [0.1, 0.15) is 17.7 Å². The van der Waals surface area contributed by atoms with Gasteiger partial charge in [-0.15, -0.1) is 0 Å². The summed E-state index contributed by atoms with van der Waals surface area (Å²) in [5.41, 5.74) is 0.728. The van der Waals surface area contributed by atoms with Crippen molar-refractivity contribution in [3.8, 4) is 11.5 Å². The van der Waals surface area contributed by atoms with Crippen molar-refractivity contribution in [2.24, 2.45) is 0 Å². The highest BCUT2D eigenvalue weighted by atomic mass is 32.2. The second-order valence-electron chi connectivity index (χ2n) is 7.96. The Kier molecular flexibility index (Phi) is 6.57. The van der Waals surface area contributed by atoms with Crippen LogP contribution in [-0.2, 0) is 10.0 Å². The van der Waals surface area contributed by atoms with Crippen molar-refractivity contribution in [1.29, 1.82) is 0 Å². The third-order valence-electron chi connectivity index (χ3n) is 6.08. The van der Waals surface area contributed by atoms with Gasteiger partial charge in [-0.2, -0.15) is 4.31 Å². The molecule has 1 atom stereocenters. The van der Waals surface area contributed by atoms with Crippen molar-refractivity contribution in [2.75, 3.05) is 40.4 Å². The third kappa shape index (κ3) is 4.27. The van der Waals surface area contributed by atoms with E-state index >= 15 is 0 Å². The lowest BCUT2D eigenvalue weighted by molar-refractivity contribution is 0.127. The van der Waals surface area contributed by atoms with E-state index in [4.69, 9.17) is 9.47 Å². The lowest BCUT2D eigenvalue weighted by Gasteiger charge is -2.35. The van der Waals surface area contributed by atoms with Crippen LogP contribution in [-0.4, -0.2) is 69.0 Å². The predicted octanol–water partition coefficient (Wildman–Crippen LogP) is 3.31. The Labute approximate surface area is 189 Å². The first-order valence-corrected chi connectivity index (χ1v) is 12.2. The van der Waals surface area contributed by atoms with Gasteiger partial charge in [-0.05, 0) is 61.2 Å². The molecule has 172 valence electrons. The molecule has 0 N–H and O–H groups in total. The van der Waals surface area contributed by atoms with Crippen LogP contribution in [0.4, 0.5) is 4.79 Å². The number of piperidine rings is 1. The molecular weight excluding hydrogens is 430 g/mol. The summed E-state index contributed by atoms with van der Waals surface area (Å²) in [5.74, 6) is 1.25. The maximum atomic E-state index is 13.6. The molecule has 0 spiro atoms. The number of carbonyl (C=O) groups excluding carboxylic acids is 1. The molecule has 2 aromatic rings. The normalized spacial score (nSPS) is 19.8. The maximum Gasteiger partial charge on any atom is 0.321 e. The van der Waals surface area contributed by atoms with Crippen LogP contribution >= 0.6 is 0 Å². The van der Waals surface area contributed by atoms with Crippen LogP contribution in [0, 0.1) is 0 Å². The fraction of sp³-hybridized carbons (Fsp3) is 0.435. The molecule has 2 saturated heterocycles. The van der Waals surface area contributed by atoms with Gasteiger partial charge in [0, 0.05) is 26.2 Å². The molecule has 2 aliphatic heterocycles. The average Bonchev–Trinajstić information content (AvgIpc) is 3.30. The summed E-state index contributed by atoms with van der Waals surface area (Å²) < 4.78 is 39.0. The van der Waals surface area contributed by atoms with Crippen molar-refractivity contribution in [3.63, 3.8) is 0 Å². The number of benzene rings is 2. The summed E-state index contributed by atoms with van der Waals surface area (Å²) in [5, 5.41) is 0. The van der Waals surface area contributed by atoms with Crippen molar-refractivity contribution in [3.05, 3.63) is 54.1 Å². The van der Waals surface area contributed by atoms with Crippen LogP contribution in [0.3, 0.4) is 0 Å². The van der Waals surface area contributed by atoms with Gasteiger partial charge < -0.3 is 19.3 Å². The van der Waals surface area contributed by atoms with E-state index in [0.717, 1.165) is 24.8 Å². The minimum Gasteiger partial charge on any atom is -0.497 e. The van der Waals surface area contributed by atoms with Gasteiger partial charge in [-0.1, -0.05) is 12.1 Å². The molecule has 2 aromatic carbocycles. The minimum absolute atomic E-state index is 0.113.